The van der Waals surface area contributed by atoms with Gasteiger partial charge in [0.2, 0.25) is 5.91 Å². The van der Waals surface area contributed by atoms with Crippen molar-refractivity contribution in [1.29, 1.82) is 0 Å². The molecule has 110 valence electrons. The first-order valence-electron chi connectivity index (χ1n) is 5.64. The molecule has 0 saturated heterocycles. The Morgan fingerprint density at radius 2 is 2.10 bits per heavy atom. The minimum Gasteiger partial charge on any atom is -0.478 e. The van der Waals surface area contributed by atoms with Crippen molar-refractivity contribution in [2.75, 3.05) is 19.0 Å². The lowest BCUT2D eigenvalue weighted by atomic mass is 10.1. The number of amides is 1. The van der Waals surface area contributed by atoms with Crippen LogP contribution < -0.4 is 11.1 Å². The summed E-state index contributed by atoms with van der Waals surface area (Å²) >= 11 is 11.6. The zero-order valence-electron chi connectivity index (χ0n) is 10.7. The van der Waals surface area contributed by atoms with E-state index in [1.54, 1.807) is 0 Å². The second kappa shape index (κ2) is 7.44. The van der Waals surface area contributed by atoms with E-state index in [0.29, 0.717) is 13.0 Å². The van der Waals surface area contributed by atoms with Crippen LogP contribution in [0.3, 0.4) is 0 Å². The largest absolute Gasteiger partial charge is 0.478 e. The predicted molar refractivity (Wildman–Crippen MR) is 76.5 cm³/mol. The minimum atomic E-state index is -1.25. The number of hydrogen-bond donors (Lipinski definition) is 3. The van der Waals surface area contributed by atoms with E-state index in [2.05, 4.69) is 5.32 Å². The third-order valence-corrected chi connectivity index (χ3v) is 3.02. The fourth-order valence-electron chi connectivity index (χ4n) is 1.46. The number of hydrogen-bond acceptors (Lipinski definition) is 4. The van der Waals surface area contributed by atoms with E-state index >= 15 is 0 Å². The van der Waals surface area contributed by atoms with Gasteiger partial charge >= 0.3 is 5.97 Å². The first-order valence-corrected chi connectivity index (χ1v) is 6.40. The number of halogens is 2. The molecule has 0 aliphatic carbocycles. The lowest BCUT2D eigenvalue weighted by molar-refractivity contribution is -0.117. The van der Waals surface area contributed by atoms with E-state index in [-0.39, 0.29) is 21.3 Å². The standard InChI is InChI=1S/C12H14Cl2N2O4/c1-20-3-2-9(15)11(17)16-10-7(12(18)19)4-6(13)5-8(10)14/h4-5,9H,2-3,15H2,1H3,(H,16,17)(H,18,19). The molecule has 1 atom stereocenters. The normalized spacial score (nSPS) is 12.0. The number of carbonyl (C=O) groups is 2. The molecule has 0 aliphatic rings. The summed E-state index contributed by atoms with van der Waals surface area (Å²) in [6.07, 6.45) is 0.302. The highest BCUT2D eigenvalue weighted by Gasteiger charge is 2.20. The highest BCUT2D eigenvalue weighted by Crippen LogP contribution is 2.30. The number of nitrogens with one attached hydrogen (secondary N) is 1. The molecule has 1 aromatic carbocycles. The van der Waals surface area contributed by atoms with Crippen LogP contribution in [0.25, 0.3) is 0 Å². The Hall–Kier alpha value is -1.34. The molecule has 20 heavy (non-hydrogen) atoms. The maximum absolute atomic E-state index is 11.9. The van der Waals surface area contributed by atoms with Gasteiger partial charge in [-0.1, -0.05) is 23.2 Å². The summed E-state index contributed by atoms with van der Waals surface area (Å²) in [5, 5.41) is 11.7. The zero-order chi connectivity index (χ0) is 15.3. The summed E-state index contributed by atoms with van der Waals surface area (Å²) in [5.74, 6) is -1.80. The summed E-state index contributed by atoms with van der Waals surface area (Å²) in [4.78, 5) is 23.0. The summed E-state index contributed by atoms with van der Waals surface area (Å²) in [5.41, 5.74) is 5.42. The van der Waals surface area contributed by atoms with Gasteiger partial charge in [-0.15, -0.1) is 0 Å². The second-order valence-corrected chi connectivity index (χ2v) is 4.84. The van der Waals surface area contributed by atoms with Gasteiger partial charge < -0.3 is 20.9 Å². The van der Waals surface area contributed by atoms with Crippen LogP contribution >= 0.6 is 23.2 Å². The molecular formula is C12H14Cl2N2O4. The van der Waals surface area contributed by atoms with Gasteiger partial charge in [0.25, 0.3) is 0 Å². The number of carbonyl (C=O) groups excluding carboxylic acids is 1. The molecule has 1 aromatic rings. The van der Waals surface area contributed by atoms with E-state index in [9.17, 15) is 9.59 Å². The molecule has 0 saturated carbocycles. The SMILES string of the molecule is COCCC(N)C(=O)Nc1c(Cl)cc(Cl)cc1C(=O)O. The van der Waals surface area contributed by atoms with Crippen LogP contribution in [0.5, 0.6) is 0 Å². The Morgan fingerprint density at radius 1 is 1.45 bits per heavy atom. The molecule has 0 aromatic heterocycles. The average molecular weight is 321 g/mol. The summed E-state index contributed by atoms with van der Waals surface area (Å²) in [6.45, 7) is 0.314. The number of rotatable bonds is 6. The fourth-order valence-corrected chi connectivity index (χ4v) is 2.00. The highest BCUT2D eigenvalue weighted by molar-refractivity contribution is 6.37. The van der Waals surface area contributed by atoms with Crippen molar-refractivity contribution in [3.63, 3.8) is 0 Å². The third-order valence-electron chi connectivity index (χ3n) is 2.50. The van der Waals surface area contributed by atoms with Crippen LogP contribution in [0.1, 0.15) is 16.8 Å². The smallest absolute Gasteiger partial charge is 0.337 e. The maximum atomic E-state index is 11.9. The Kier molecular flexibility index (Phi) is 6.22. The van der Waals surface area contributed by atoms with Crippen molar-refractivity contribution in [1.82, 2.24) is 0 Å². The van der Waals surface area contributed by atoms with Gasteiger partial charge in [0.15, 0.2) is 0 Å². The predicted octanol–water partition coefficient (Wildman–Crippen LogP) is 1.99. The minimum absolute atomic E-state index is 0.0265. The van der Waals surface area contributed by atoms with Crippen molar-refractivity contribution in [3.05, 3.63) is 27.7 Å². The van der Waals surface area contributed by atoms with E-state index in [0.717, 1.165) is 0 Å². The molecule has 4 N–H and O–H groups in total. The molecule has 1 amide bonds. The van der Waals surface area contributed by atoms with Gasteiger partial charge in [-0.3, -0.25) is 4.79 Å². The first-order chi connectivity index (χ1) is 9.36. The maximum Gasteiger partial charge on any atom is 0.337 e. The number of methoxy groups -OCH3 is 1. The number of aromatic carboxylic acids is 1. The lowest BCUT2D eigenvalue weighted by Gasteiger charge is -2.14. The van der Waals surface area contributed by atoms with Crippen LogP contribution in [-0.4, -0.2) is 36.7 Å². The summed E-state index contributed by atoms with van der Waals surface area (Å²) < 4.78 is 4.82. The van der Waals surface area contributed by atoms with Gasteiger partial charge in [-0.25, -0.2) is 4.79 Å². The van der Waals surface area contributed by atoms with E-state index in [1.807, 2.05) is 0 Å². The van der Waals surface area contributed by atoms with Gasteiger partial charge in [0.05, 0.1) is 22.3 Å². The number of benzene rings is 1. The second-order valence-electron chi connectivity index (χ2n) is 3.99. The molecule has 0 spiro atoms. The average Bonchev–Trinajstić information content (AvgIpc) is 2.38. The van der Waals surface area contributed by atoms with Crippen LogP contribution in [-0.2, 0) is 9.53 Å². The van der Waals surface area contributed by atoms with Crippen LogP contribution in [0, 0.1) is 0 Å². The van der Waals surface area contributed by atoms with Crippen molar-refractivity contribution in [2.24, 2.45) is 5.73 Å². The number of carboxylic acid groups (broad SMARTS) is 1. The third kappa shape index (κ3) is 4.35. The topological polar surface area (TPSA) is 102 Å². The molecule has 1 unspecified atom stereocenters. The van der Waals surface area contributed by atoms with E-state index in [1.165, 1.54) is 19.2 Å². The molecule has 8 heteroatoms. The van der Waals surface area contributed by atoms with E-state index in [4.69, 9.17) is 38.8 Å². The number of anilines is 1. The van der Waals surface area contributed by atoms with Crippen LogP contribution in [0.4, 0.5) is 5.69 Å². The molecule has 0 aliphatic heterocycles. The highest BCUT2D eigenvalue weighted by atomic mass is 35.5. The van der Waals surface area contributed by atoms with Crippen molar-refractivity contribution >= 4 is 40.8 Å². The molecule has 1 rings (SSSR count). The molecule has 0 heterocycles. The van der Waals surface area contributed by atoms with Crippen LogP contribution in [0.2, 0.25) is 10.0 Å². The van der Waals surface area contributed by atoms with Crippen LogP contribution in [0.15, 0.2) is 12.1 Å². The van der Waals surface area contributed by atoms with E-state index < -0.39 is 17.9 Å². The molecule has 0 fully saturated rings. The van der Waals surface area contributed by atoms with Crippen molar-refractivity contribution in [2.45, 2.75) is 12.5 Å². The van der Waals surface area contributed by atoms with Gasteiger partial charge in [0.1, 0.15) is 0 Å². The monoisotopic (exact) mass is 320 g/mol. The van der Waals surface area contributed by atoms with Gasteiger partial charge in [-0.2, -0.15) is 0 Å². The Bertz CT molecular complexity index is 522. The van der Waals surface area contributed by atoms with Crippen molar-refractivity contribution in [3.8, 4) is 0 Å². The van der Waals surface area contributed by atoms with Gasteiger partial charge in [-0.05, 0) is 18.6 Å². The lowest BCUT2D eigenvalue weighted by Crippen LogP contribution is -2.37. The number of ether oxygens (including phenoxy) is 1. The number of carboxylic acids is 1. The number of nitrogens with two attached hydrogens (primary N) is 1. The van der Waals surface area contributed by atoms with Gasteiger partial charge in [0, 0.05) is 18.7 Å². The Balaban J connectivity index is 2.97. The summed E-state index contributed by atoms with van der Waals surface area (Å²) in [7, 11) is 1.49. The fraction of sp³-hybridized carbons (Fsp3) is 0.333. The molecular weight excluding hydrogens is 307 g/mol. The quantitative estimate of drug-likeness (QED) is 0.744. The molecule has 6 nitrogen and oxygen atoms in total. The Labute approximate surface area is 125 Å². The summed E-state index contributed by atoms with van der Waals surface area (Å²) in [6, 6.07) is 1.71. The zero-order valence-corrected chi connectivity index (χ0v) is 12.2. The first kappa shape index (κ1) is 16.7. The molecule has 0 radical (unpaired) electrons. The Morgan fingerprint density at radius 3 is 2.65 bits per heavy atom. The molecule has 0 bridgehead atoms. The van der Waals surface area contributed by atoms with Crippen molar-refractivity contribution < 1.29 is 19.4 Å².